The number of likely N-dealkylation sites (tertiary alicyclic amines) is 1. The van der Waals surface area contributed by atoms with E-state index in [4.69, 9.17) is 0 Å². The molecule has 74 valence electrons. The Kier molecular flexibility index (Phi) is 2.37. The minimum atomic E-state index is -0.0347. The summed E-state index contributed by atoms with van der Waals surface area (Å²) in [6.07, 6.45) is 2.96. The summed E-state index contributed by atoms with van der Waals surface area (Å²) in [6, 6.07) is 0.199. The predicted octanol–water partition coefficient (Wildman–Crippen LogP) is 0.610. The molecular formula is C8H9BrN4O. The second-order valence-corrected chi connectivity index (χ2v) is 3.90. The summed E-state index contributed by atoms with van der Waals surface area (Å²) >= 11 is 3.22. The van der Waals surface area contributed by atoms with Crippen LogP contribution in [0.5, 0.6) is 0 Å². The Morgan fingerprint density at radius 2 is 2.43 bits per heavy atom. The van der Waals surface area contributed by atoms with Gasteiger partial charge in [-0.1, -0.05) is 6.58 Å². The van der Waals surface area contributed by atoms with Gasteiger partial charge in [0.1, 0.15) is 10.6 Å². The van der Waals surface area contributed by atoms with Crippen molar-refractivity contribution in [3.05, 3.63) is 23.5 Å². The van der Waals surface area contributed by atoms with Crippen LogP contribution in [0.2, 0.25) is 0 Å². The Hall–Kier alpha value is -1.17. The van der Waals surface area contributed by atoms with Crippen molar-refractivity contribution in [1.29, 1.82) is 0 Å². The number of rotatable bonds is 2. The Labute approximate surface area is 89.5 Å². The molecule has 0 unspecified atom stereocenters. The smallest absolute Gasteiger partial charge is 0.246 e. The van der Waals surface area contributed by atoms with E-state index in [-0.39, 0.29) is 11.9 Å². The lowest BCUT2D eigenvalue weighted by Gasteiger charge is -2.37. The standard InChI is InChI=1S/C8H9BrN4O/c1-2-8(14)12-4-6(5-12)13-10-3-7(9)11-13/h2-3,6H,1,4-5H2. The van der Waals surface area contributed by atoms with E-state index < -0.39 is 0 Å². The third-order valence-corrected chi connectivity index (χ3v) is 2.52. The maximum Gasteiger partial charge on any atom is 0.246 e. The Morgan fingerprint density at radius 1 is 1.71 bits per heavy atom. The highest BCUT2D eigenvalue weighted by Gasteiger charge is 2.31. The van der Waals surface area contributed by atoms with Gasteiger partial charge in [-0.05, 0) is 22.0 Å². The van der Waals surface area contributed by atoms with Gasteiger partial charge >= 0.3 is 0 Å². The van der Waals surface area contributed by atoms with Crippen molar-refractivity contribution in [2.24, 2.45) is 0 Å². The van der Waals surface area contributed by atoms with Crippen molar-refractivity contribution < 1.29 is 4.79 Å². The maximum absolute atomic E-state index is 11.1. The second kappa shape index (κ2) is 3.53. The number of hydrogen-bond acceptors (Lipinski definition) is 3. The molecule has 0 aliphatic carbocycles. The summed E-state index contributed by atoms with van der Waals surface area (Å²) in [5.41, 5.74) is 0. The molecule has 5 nitrogen and oxygen atoms in total. The summed E-state index contributed by atoms with van der Waals surface area (Å²) in [4.78, 5) is 14.4. The van der Waals surface area contributed by atoms with Crippen molar-refractivity contribution in [3.63, 3.8) is 0 Å². The highest BCUT2D eigenvalue weighted by molar-refractivity contribution is 9.10. The summed E-state index contributed by atoms with van der Waals surface area (Å²) in [6.45, 7) is 4.75. The van der Waals surface area contributed by atoms with Crippen molar-refractivity contribution >= 4 is 21.8 Å². The summed E-state index contributed by atoms with van der Waals surface area (Å²) in [5.74, 6) is -0.0347. The molecule has 0 atom stereocenters. The Balaban J connectivity index is 1.95. The third kappa shape index (κ3) is 1.57. The maximum atomic E-state index is 11.1. The molecule has 0 N–H and O–H groups in total. The van der Waals surface area contributed by atoms with Crippen LogP contribution < -0.4 is 0 Å². The summed E-state index contributed by atoms with van der Waals surface area (Å²) in [7, 11) is 0. The van der Waals surface area contributed by atoms with E-state index in [1.165, 1.54) is 6.08 Å². The lowest BCUT2D eigenvalue weighted by atomic mass is 10.1. The van der Waals surface area contributed by atoms with Crippen molar-refractivity contribution in [3.8, 4) is 0 Å². The lowest BCUT2D eigenvalue weighted by molar-refractivity contribution is -0.131. The van der Waals surface area contributed by atoms with Crippen molar-refractivity contribution in [1.82, 2.24) is 19.9 Å². The van der Waals surface area contributed by atoms with Crippen LogP contribution in [-0.2, 0) is 4.79 Å². The number of aromatic nitrogens is 3. The second-order valence-electron chi connectivity index (χ2n) is 3.09. The molecule has 14 heavy (non-hydrogen) atoms. The topological polar surface area (TPSA) is 51.0 Å². The molecule has 0 bridgehead atoms. The average molecular weight is 257 g/mol. The number of amides is 1. The first-order chi connectivity index (χ1) is 6.70. The molecule has 1 amide bonds. The number of nitrogens with zero attached hydrogens (tertiary/aromatic N) is 4. The highest BCUT2D eigenvalue weighted by atomic mass is 79.9. The molecule has 1 aliphatic rings. The van der Waals surface area contributed by atoms with Crippen LogP contribution in [0, 0.1) is 0 Å². The fourth-order valence-corrected chi connectivity index (χ4v) is 1.60. The molecule has 1 aliphatic heterocycles. The van der Waals surface area contributed by atoms with E-state index in [1.807, 2.05) is 0 Å². The normalized spacial score (nSPS) is 16.5. The minimum Gasteiger partial charge on any atom is -0.335 e. The SMILES string of the molecule is C=CC(=O)N1CC(n2ncc(Br)n2)C1. The van der Waals surface area contributed by atoms with Gasteiger partial charge in [-0.25, -0.2) is 0 Å². The monoisotopic (exact) mass is 256 g/mol. The Morgan fingerprint density at radius 3 is 2.93 bits per heavy atom. The minimum absolute atomic E-state index is 0.0347. The van der Waals surface area contributed by atoms with E-state index in [2.05, 4.69) is 32.7 Å². The van der Waals surface area contributed by atoms with Crippen molar-refractivity contribution in [2.75, 3.05) is 13.1 Å². The molecule has 0 spiro atoms. The zero-order valence-electron chi connectivity index (χ0n) is 7.43. The molecule has 6 heteroatoms. The van der Waals surface area contributed by atoms with Gasteiger partial charge in [0, 0.05) is 13.1 Å². The van der Waals surface area contributed by atoms with Crippen molar-refractivity contribution in [2.45, 2.75) is 6.04 Å². The van der Waals surface area contributed by atoms with Gasteiger partial charge in [0.2, 0.25) is 5.91 Å². The van der Waals surface area contributed by atoms with Gasteiger partial charge in [-0.15, -0.1) is 5.10 Å². The first-order valence-electron chi connectivity index (χ1n) is 4.19. The van der Waals surface area contributed by atoms with E-state index in [1.54, 1.807) is 15.9 Å². The van der Waals surface area contributed by atoms with Crippen LogP contribution in [0.15, 0.2) is 23.5 Å². The highest BCUT2D eigenvalue weighted by Crippen LogP contribution is 2.20. The zero-order chi connectivity index (χ0) is 10.1. The number of carbonyl (C=O) groups is 1. The molecule has 1 aromatic heterocycles. The van der Waals surface area contributed by atoms with E-state index in [9.17, 15) is 4.79 Å². The molecular weight excluding hydrogens is 248 g/mol. The largest absolute Gasteiger partial charge is 0.335 e. The number of carbonyl (C=O) groups excluding carboxylic acids is 1. The average Bonchev–Trinajstić information content (AvgIpc) is 2.49. The molecule has 0 saturated carbocycles. The fourth-order valence-electron chi connectivity index (χ4n) is 1.34. The lowest BCUT2D eigenvalue weighted by Crippen LogP contribution is -2.50. The summed E-state index contributed by atoms with van der Waals surface area (Å²) < 4.78 is 0.714. The van der Waals surface area contributed by atoms with Crippen LogP contribution in [0.1, 0.15) is 6.04 Å². The van der Waals surface area contributed by atoms with Gasteiger partial charge in [0.25, 0.3) is 0 Å². The van der Waals surface area contributed by atoms with Gasteiger partial charge in [0.15, 0.2) is 0 Å². The van der Waals surface area contributed by atoms with Crippen LogP contribution >= 0.6 is 15.9 Å². The van der Waals surface area contributed by atoms with Crippen LogP contribution in [-0.4, -0.2) is 38.9 Å². The third-order valence-electron chi connectivity index (χ3n) is 2.16. The molecule has 1 fully saturated rings. The fraction of sp³-hybridized carbons (Fsp3) is 0.375. The van der Waals surface area contributed by atoms with Gasteiger partial charge in [0.05, 0.1) is 6.20 Å². The first kappa shape index (κ1) is 9.39. The Bertz CT molecular complexity index is 369. The van der Waals surface area contributed by atoms with Gasteiger partial charge < -0.3 is 4.90 Å². The van der Waals surface area contributed by atoms with E-state index in [0.29, 0.717) is 17.7 Å². The van der Waals surface area contributed by atoms with Crippen LogP contribution in [0.4, 0.5) is 0 Å². The molecule has 1 saturated heterocycles. The van der Waals surface area contributed by atoms with E-state index >= 15 is 0 Å². The van der Waals surface area contributed by atoms with Gasteiger partial charge in [-0.3, -0.25) is 4.79 Å². The van der Waals surface area contributed by atoms with Crippen LogP contribution in [0.25, 0.3) is 0 Å². The molecule has 1 aromatic rings. The van der Waals surface area contributed by atoms with E-state index in [0.717, 1.165) is 0 Å². The van der Waals surface area contributed by atoms with Gasteiger partial charge in [-0.2, -0.15) is 9.90 Å². The number of hydrogen-bond donors (Lipinski definition) is 0. The summed E-state index contributed by atoms with van der Waals surface area (Å²) in [5, 5.41) is 8.16. The first-order valence-corrected chi connectivity index (χ1v) is 4.98. The predicted molar refractivity (Wildman–Crippen MR) is 53.5 cm³/mol. The molecule has 0 radical (unpaired) electrons. The quantitative estimate of drug-likeness (QED) is 0.729. The van der Waals surface area contributed by atoms with Crippen LogP contribution in [0.3, 0.4) is 0 Å². The zero-order valence-corrected chi connectivity index (χ0v) is 9.01. The molecule has 0 aromatic carbocycles. The molecule has 2 heterocycles. The molecule has 2 rings (SSSR count). The number of halogens is 1.